The number of ketones is 1. The van der Waals surface area contributed by atoms with E-state index in [0.717, 1.165) is 27.7 Å². The number of Topliss-reactive ketones (excluding diaryl/α,β-unsaturated/α-hetero) is 1. The number of benzene rings is 2. The molecule has 0 saturated heterocycles. The molecule has 0 bridgehead atoms. The van der Waals surface area contributed by atoms with Crippen LogP contribution in [0.1, 0.15) is 41.3 Å². The minimum Gasteiger partial charge on any atom is -0.324 e. The summed E-state index contributed by atoms with van der Waals surface area (Å²) in [5, 5.41) is 2.87. The molecule has 0 aromatic heterocycles. The van der Waals surface area contributed by atoms with Crippen molar-refractivity contribution in [2.24, 2.45) is 0 Å². The quantitative estimate of drug-likeness (QED) is 0.722. The van der Waals surface area contributed by atoms with Crippen LogP contribution in [0.2, 0.25) is 0 Å². The van der Waals surface area contributed by atoms with Gasteiger partial charge in [-0.1, -0.05) is 45.8 Å². The normalized spacial score (nSPS) is 12.6. The van der Waals surface area contributed by atoms with Gasteiger partial charge < -0.3 is 10.2 Å². The van der Waals surface area contributed by atoms with Crippen molar-refractivity contribution in [3.63, 3.8) is 0 Å². The molecule has 2 aromatic rings. The Labute approximate surface area is 166 Å². The molecule has 0 unspecified atom stereocenters. The van der Waals surface area contributed by atoms with Crippen molar-refractivity contribution in [1.82, 2.24) is 0 Å². The van der Waals surface area contributed by atoms with Crippen molar-refractivity contribution >= 4 is 44.9 Å². The highest BCUT2D eigenvalue weighted by atomic mass is 79.9. The highest BCUT2D eigenvalue weighted by Crippen LogP contribution is 2.38. The Bertz CT molecular complexity index is 906. The zero-order valence-corrected chi connectivity index (χ0v) is 16.9. The molecule has 1 N–H and O–H groups in total. The Hall–Kier alpha value is -2.47. The molecule has 27 heavy (non-hydrogen) atoms. The Kier molecular flexibility index (Phi) is 5.75. The van der Waals surface area contributed by atoms with E-state index in [4.69, 9.17) is 0 Å². The lowest BCUT2D eigenvalue weighted by atomic mass is 10.0. The third-order valence-electron chi connectivity index (χ3n) is 4.64. The molecule has 6 heteroatoms. The number of fused-ring (bicyclic) bond motifs is 1. The van der Waals surface area contributed by atoms with E-state index in [9.17, 15) is 14.4 Å². The highest BCUT2D eigenvalue weighted by Gasteiger charge is 2.26. The summed E-state index contributed by atoms with van der Waals surface area (Å²) in [5.74, 6) is -0.359. The van der Waals surface area contributed by atoms with E-state index in [2.05, 4.69) is 21.2 Å². The van der Waals surface area contributed by atoms with Crippen LogP contribution in [0.4, 0.5) is 11.4 Å². The van der Waals surface area contributed by atoms with Crippen LogP contribution in [0, 0.1) is 6.92 Å². The fourth-order valence-corrected chi connectivity index (χ4v) is 3.75. The number of rotatable bonds is 5. The van der Waals surface area contributed by atoms with Crippen LogP contribution in [0.5, 0.6) is 0 Å². The van der Waals surface area contributed by atoms with Gasteiger partial charge in [-0.25, -0.2) is 0 Å². The maximum atomic E-state index is 12.4. The summed E-state index contributed by atoms with van der Waals surface area (Å²) >= 11 is 3.45. The van der Waals surface area contributed by atoms with Crippen LogP contribution in [-0.4, -0.2) is 24.1 Å². The van der Waals surface area contributed by atoms with E-state index in [1.54, 1.807) is 23.1 Å². The minimum absolute atomic E-state index is 0.0545. The fraction of sp³-hybridized carbons (Fsp3) is 0.286. The van der Waals surface area contributed by atoms with Crippen LogP contribution in [0.25, 0.3) is 0 Å². The molecule has 5 nitrogen and oxygen atoms in total. The van der Waals surface area contributed by atoms with E-state index in [1.807, 2.05) is 25.1 Å². The number of amides is 2. The monoisotopic (exact) mass is 428 g/mol. The Balaban J connectivity index is 1.69. The smallest absolute Gasteiger partial charge is 0.224 e. The van der Waals surface area contributed by atoms with Crippen molar-refractivity contribution < 1.29 is 14.4 Å². The largest absolute Gasteiger partial charge is 0.324 e. The van der Waals surface area contributed by atoms with Crippen molar-refractivity contribution in [2.75, 3.05) is 16.8 Å². The van der Waals surface area contributed by atoms with Gasteiger partial charge in [-0.2, -0.15) is 0 Å². The first kappa shape index (κ1) is 19.3. The maximum Gasteiger partial charge on any atom is 0.224 e. The predicted molar refractivity (Wildman–Crippen MR) is 109 cm³/mol. The summed E-state index contributed by atoms with van der Waals surface area (Å²) in [7, 11) is 0. The number of anilines is 2. The number of carbonyl (C=O) groups excluding carboxylic acids is 3. The molecule has 0 aliphatic carbocycles. The SMILES string of the molecule is CC(=O)N1CCc2cc(Br)cc(NC(=O)CCC(=O)c3ccc(C)cc3)c21. The first-order valence-electron chi connectivity index (χ1n) is 8.85. The molecule has 1 heterocycles. The molecule has 1 aliphatic heterocycles. The number of hydrogen-bond acceptors (Lipinski definition) is 3. The summed E-state index contributed by atoms with van der Waals surface area (Å²) in [5.41, 5.74) is 4.07. The Morgan fingerprint density at radius 2 is 1.81 bits per heavy atom. The van der Waals surface area contributed by atoms with E-state index in [-0.39, 0.29) is 30.4 Å². The van der Waals surface area contributed by atoms with E-state index >= 15 is 0 Å². The number of nitrogens with one attached hydrogen (secondary N) is 1. The van der Waals surface area contributed by atoms with Crippen molar-refractivity contribution in [2.45, 2.75) is 33.1 Å². The lowest BCUT2D eigenvalue weighted by Gasteiger charge is -2.19. The van der Waals surface area contributed by atoms with Gasteiger partial charge in [0.25, 0.3) is 0 Å². The minimum atomic E-state index is -0.244. The van der Waals surface area contributed by atoms with Gasteiger partial charge in [0, 0.05) is 36.3 Å². The van der Waals surface area contributed by atoms with Crippen LogP contribution in [0.3, 0.4) is 0 Å². The Morgan fingerprint density at radius 1 is 1.11 bits per heavy atom. The first-order chi connectivity index (χ1) is 12.8. The zero-order chi connectivity index (χ0) is 19.6. The van der Waals surface area contributed by atoms with Crippen molar-refractivity contribution in [3.8, 4) is 0 Å². The summed E-state index contributed by atoms with van der Waals surface area (Å²) in [6, 6.07) is 11.1. The second-order valence-corrected chi connectivity index (χ2v) is 7.63. The van der Waals surface area contributed by atoms with Gasteiger partial charge in [0.1, 0.15) is 0 Å². The molecule has 2 aromatic carbocycles. The third-order valence-corrected chi connectivity index (χ3v) is 5.09. The molecule has 3 rings (SSSR count). The van der Waals surface area contributed by atoms with Gasteiger partial charge in [0.2, 0.25) is 11.8 Å². The molecule has 0 saturated carbocycles. The second kappa shape index (κ2) is 8.05. The summed E-state index contributed by atoms with van der Waals surface area (Å²) < 4.78 is 0.845. The average molecular weight is 429 g/mol. The number of carbonyl (C=O) groups is 3. The number of hydrogen-bond donors (Lipinski definition) is 1. The topological polar surface area (TPSA) is 66.5 Å². The average Bonchev–Trinajstić information content (AvgIpc) is 3.04. The first-order valence-corrected chi connectivity index (χ1v) is 9.64. The van der Waals surface area contributed by atoms with Crippen LogP contribution in [-0.2, 0) is 16.0 Å². The molecule has 0 fully saturated rings. The van der Waals surface area contributed by atoms with E-state index < -0.39 is 0 Å². The molecule has 140 valence electrons. The number of halogens is 1. The molecule has 0 radical (unpaired) electrons. The van der Waals surface area contributed by atoms with E-state index in [0.29, 0.717) is 17.8 Å². The van der Waals surface area contributed by atoms with Crippen LogP contribution >= 0.6 is 15.9 Å². The second-order valence-electron chi connectivity index (χ2n) is 6.72. The van der Waals surface area contributed by atoms with Crippen LogP contribution in [0.15, 0.2) is 40.9 Å². The fourth-order valence-electron chi connectivity index (χ4n) is 3.24. The van der Waals surface area contributed by atoms with E-state index in [1.165, 1.54) is 6.92 Å². The number of nitrogens with zero attached hydrogens (tertiary/aromatic N) is 1. The lowest BCUT2D eigenvalue weighted by Crippen LogP contribution is -2.27. The van der Waals surface area contributed by atoms with Gasteiger partial charge in [0.05, 0.1) is 11.4 Å². The standard InChI is InChI=1S/C21H21BrN2O3/c1-13-3-5-15(6-4-13)19(26)7-8-20(27)23-18-12-17(22)11-16-9-10-24(14(2)25)21(16)18/h3-6,11-12H,7-10H2,1-2H3,(H,23,27). The van der Waals surface area contributed by atoms with Gasteiger partial charge >= 0.3 is 0 Å². The summed E-state index contributed by atoms with van der Waals surface area (Å²) in [6.45, 7) is 4.08. The highest BCUT2D eigenvalue weighted by molar-refractivity contribution is 9.10. The maximum absolute atomic E-state index is 12.4. The van der Waals surface area contributed by atoms with Gasteiger partial charge in [0.15, 0.2) is 5.78 Å². The summed E-state index contributed by atoms with van der Waals surface area (Å²) in [4.78, 5) is 38.2. The molecule has 1 aliphatic rings. The zero-order valence-electron chi connectivity index (χ0n) is 15.3. The molecule has 0 spiro atoms. The Morgan fingerprint density at radius 3 is 2.48 bits per heavy atom. The van der Waals surface area contributed by atoms with Crippen LogP contribution < -0.4 is 10.2 Å². The van der Waals surface area contributed by atoms with Crippen molar-refractivity contribution in [3.05, 3.63) is 57.6 Å². The van der Waals surface area contributed by atoms with Gasteiger partial charge in [-0.05, 0) is 31.0 Å². The molecular weight excluding hydrogens is 408 g/mol. The summed E-state index contributed by atoms with van der Waals surface area (Å²) in [6.07, 6.45) is 0.985. The molecule has 0 atom stereocenters. The third kappa shape index (κ3) is 4.45. The van der Waals surface area contributed by atoms with Crippen molar-refractivity contribution in [1.29, 1.82) is 0 Å². The van der Waals surface area contributed by atoms with Gasteiger partial charge in [-0.3, -0.25) is 14.4 Å². The van der Waals surface area contributed by atoms with Gasteiger partial charge in [-0.15, -0.1) is 0 Å². The molecular formula is C21H21BrN2O3. The lowest BCUT2D eigenvalue weighted by molar-refractivity contribution is -0.117. The predicted octanol–water partition coefficient (Wildman–Crippen LogP) is 4.27. The number of aryl methyl sites for hydroxylation is 1. The molecule has 2 amide bonds.